The second-order valence-electron chi connectivity index (χ2n) is 1.21. The molecule has 0 aliphatic carbocycles. The van der Waals surface area contributed by atoms with E-state index in [4.69, 9.17) is 5.11 Å². The highest BCUT2D eigenvalue weighted by atomic mass is 16.2. The normalized spacial score (nSPS) is 9.00. The Labute approximate surface area is 39.0 Å². The fourth-order valence-corrected chi connectivity index (χ4v) is 0.295. The average molecular weight is 87.1 g/mol. The van der Waals surface area contributed by atoms with E-state index >= 15 is 0 Å². The molecule has 0 aromatic carbocycles. The smallest absolute Gasteiger partial charge is 0.0161 e. The van der Waals surface area contributed by atoms with Crippen LogP contribution < -0.4 is 0 Å². The summed E-state index contributed by atoms with van der Waals surface area (Å²) in [5.41, 5.74) is 0. The molecule has 0 aromatic rings. The highest BCUT2D eigenvalue weighted by molar-refractivity contribution is 4.58. The Morgan fingerprint density at radius 2 is 2.33 bits per heavy atom. The molecule has 6 heavy (non-hydrogen) atoms. The zero-order valence-corrected chi connectivity index (χ0v) is 4.15. The van der Waals surface area contributed by atoms with Gasteiger partial charge in [-0.25, -0.2) is 0 Å². The predicted octanol–water partition coefficient (Wildman–Crippen LogP) is 0.983. The topological polar surface area (TPSA) is 20.2 Å². The molecule has 0 rings (SSSR count). The number of hydrogen-bond donors (Lipinski definition) is 1. The lowest BCUT2D eigenvalue weighted by Gasteiger charge is -2.00. The van der Waals surface area contributed by atoms with Gasteiger partial charge in [-0.05, 0) is 0 Å². The van der Waals surface area contributed by atoms with E-state index in [1.54, 1.807) is 0 Å². The van der Waals surface area contributed by atoms with Crippen LogP contribution in [0.5, 0.6) is 0 Å². The Morgan fingerprint density at radius 1 is 1.67 bits per heavy atom. The van der Waals surface area contributed by atoms with Crippen molar-refractivity contribution in [2.75, 3.05) is 6.61 Å². The van der Waals surface area contributed by atoms with Gasteiger partial charge in [-0.15, -0.1) is 0 Å². The molecule has 0 aliphatic rings. The molecule has 0 amide bonds. The van der Waals surface area contributed by atoms with E-state index in [0.29, 0.717) is 6.61 Å². The number of aliphatic hydroxyl groups excluding tert-OH is 1. The van der Waals surface area contributed by atoms with Crippen LogP contribution in [-0.2, 0) is 0 Å². The summed E-state index contributed by atoms with van der Waals surface area (Å²) >= 11 is 0. The molecule has 1 N–H and O–H groups in total. The SMILES string of the molecule is CC[CH-]CCO. The number of aliphatic hydroxyl groups is 1. The van der Waals surface area contributed by atoms with Gasteiger partial charge in [0, 0.05) is 6.61 Å². The van der Waals surface area contributed by atoms with Crippen molar-refractivity contribution >= 4 is 0 Å². The third-order valence-electron chi connectivity index (χ3n) is 0.622. The summed E-state index contributed by atoms with van der Waals surface area (Å²) in [5, 5.41) is 8.17. The van der Waals surface area contributed by atoms with Crippen molar-refractivity contribution in [1.29, 1.82) is 0 Å². The first-order chi connectivity index (χ1) is 2.91. The van der Waals surface area contributed by atoms with Crippen LogP contribution in [0.1, 0.15) is 19.8 Å². The third-order valence-corrected chi connectivity index (χ3v) is 0.622. The van der Waals surface area contributed by atoms with E-state index in [-0.39, 0.29) is 0 Å². The summed E-state index contributed by atoms with van der Waals surface area (Å²) in [7, 11) is 0. The zero-order valence-electron chi connectivity index (χ0n) is 4.15. The lowest BCUT2D eigenvalue weighted by molar-refractivity contribution is 0.297. The minimum atomic E-state index is 0.299. The van der Waals surface area contributed by atoms with Crippen LogP contribution in [0, 0.1) is 6.42 Å². The quantitative estimate of drug-likeness (QED) is 0.402. The number of unbranched alkanes of at least 4 members (excludes halogenated alkanes) is 2. The van der Waals surface area contributed by atoms with Gasteiger partial charge in [0.2, 0.25) is 0 Å². The van der Waals surface area contributed by atoms with E-state index < -0.39 is 0 Å². The van der Waals surface area contributed by atoms with Gasteiger partial charge in [0.15, 0.2) is 0 Å². The summed E-state index contributed by atoms with van der Waals surface area (Å²) in [6, 6.07) is 0. The molecule has 0 bridgehead atoms. The van der Waals surface area contributed by atoms with Crippen LogP contribution in [-0.4, -0.2) is 11.7 Å². The van der Waals surface area contributed by atoms with E-state index in [0.717, 1.165) is 12.8 Å². The minimum absolute atomic E-state index is 0.299. The first-order valence-electron chi connectivity index (χ1n) is 2.34. The molecule has 0 heterocycles. The number of hydrogen-bond acceptors (Lipinski definition) is 1. The van der Waals surface area contributed by atoms with Crippen LogP contribution in [0.3, 0.4) is 0 Å². The monoisotopic (exact) mass is 87.1 g/mol. The van der Waals surface area contributed by atoms with Crippen LogP contribution in [0.2, 0.25) is 0 Å². The van der Waals surface area contributed by atoms with Crippen molar-refractivity contribution < 1.29 is 5.11 Å². The molecular formula is C5H11O-. The summed E-state index contributed by atoms with van der Waals surface area (Å²) in [6.07, 6.45) is 3.97. The minimum Gasteiger partial charge on any atom is -0.399 e. The third kappa shape index (κ3) is 3.96. The zero-order chi connectivity index (χ0) is 4.83. The lowest BCUT2D eigenvalue weighted by atomic mass is 10.3. The molecule has 0 radical (unpaired) electrons. The summed E-state index contributed by atoms with van der Waals surface area (Å²) in [6.45, 7) is 2.36. The van der Waals surface area contributed by atoms with E-state index in [1.807, 2.05) is 0 Å². The Balaban J connectivity index is 2.34. The summed E-state index contributed by atoms with van der Waals surface area (Å²) < 4.78 is 0. The van der Waals surface area contributed by atoms with Crippen molar-refractivity contribution in [3.05, 3.63) is 6.42 Å². The second kappa shape index (κ2) is 4.96. The Bertz CT molecular complexity index is 15.9. The molecule has 0 unspecified atom stereocenters. The van der Waals surface area contributed by atoms with Gasteiger partial charge in [-0.1, -0.05) is 6.92 Å². The molecule has 0 aromatic heterocycles. The summed E-state index contributed by atoms with van der Waals surface area (Å²) in [5.74, 6) is 0. The average Bonchev–Trinajstić information content (AvgIpc) is 1.61. The largest absolute Gasteiger partial charge is 0.399 e. The van der Waals surface area contributed by atoms with Gasteiger partial charge >= 0.3 is 0 Å². The van der Waals surface area contributed by atoms with Crippen LogP contribution in [0.15, 0.2) is 0 Å². The second-order valence-corrected chi connectivity index (χ2v) is 1.21. The molecule has 1 heteroatoms. The lowest BCUT2D eigenvalue weighted by Crippen LogP contribution is -1.79. The van der Waals surface area contributed by atoms with Crippen LogP contribution >= 0.6 is 0 Å². The molecule has 0 atom stereocenters. The molecule has 0 saturated heterocycles. The Hall–Kier alpha value is -0.0400. The fourth-order valence-electron chi connectivity index (χ4n) is 0.295. The summed E-state index contributed by atoms with van der Waals surface area (Å²) in [4.78, 5) is 0. The standard InChI is InChI=1S/C5H11O/c1-2-3-4-5-6/h3,6H,2,4-5H2,1H3/q-1. The molecule has 38 valence electrons. The first-order valence-corrected chi connectivity index (χ1v) is 2.34. The molecule has 0 aliphatic heterocycles. The van der Waals surface area contributed by atoms with Crippen molar-refractivity contribution in [1.82, 2.24) is 0 Å². The van der Waals surface area contributed by atoms with Gasteiger partial charge in [-0.3, -0.25) is 0 Å². The van der Waals surface area contributed by atoms with E-state index in [1.165, 1.54) is 0 Å². The maximum Gasteiger partial charge on any atom is 0.0161 e. The maximum atomic E-state index is 8.17. The van der Waals surface area contributed by atoms with Gasteiger partial charge < -0.3 is 11.5 Å². The van der Waals surface area contributed by atoms with Crippen LogP contribution in [0.4, 0.5) is 0 Å². The molecule has 0 fully saturated rings. The highest BCUT2D eigenvalue weighted by Gasteiger charge is 1.63. The van der Waals surface area contributed by atoms with Crippen molar-refractivity contribution in [3.8, 4) is 0 Å². The van der Waals surface area contributed by atoms with Crippen molar-refractivity contribution in [3.63, 3.8) is 0 Å². The van der Waals surface area contributed by atoms with Gasteiger partial charge in [-0.2, -0.15) is 12.8 Å². The van der Waals surface area contributed by atoms with Crippen molar-refractivity contribution in [2.24, 2.45) is 0 Å². The molecule has 1 nitrogen and oxygen atoms in total. The van der Waals surface area contributed by atoms with E-state index in [9.17, 15) is 0 Å². The maximum absolute atomic E-state index is 8.17. The van der Waals surface area contributed by atoms with Crippen molar-refractivity contribution in [2.45, 2.75) is 19.8 Å². The Morgan fingerprint density at radius 3 is 2.50 bits per heavy atom. The van der Waals surface area contributed by atoms with E-state index in [2.05, 4.69) is 13.3 Å². The number of rotatable bonds is 3. The molecule has 0 spiro atoms. The molecular weight excluding hydrogens is 76.1 g/mol. The first kappa shape index (κ1) is 5.96. The predicted molar refractivity (Wildman–Crippen MR) is 26.3 cm³/mol. The van der Waals surface area contributed by atoms with Gasteiger partial charge in [0.25, 0.3) is 0 Å². The Kier molecular flexibility index (Phi) is 4.93. The molecule has 0 saturated carbocycles. The van der Waals surface area contributed by atoms with Crippen LogP contribution in [0.25, 0.3) is 0 Å². The van der Waals surface area contributed by atoms with Gasteiger partial charge in [0.05, 0.1) is 0 Å². The van der Waals surface area contributed by atoms with Gasteiger partial charge in [0.1, 0.15) is 0 Å². The fraction of sp³-hybridized carbons (Fsp3) is 0.800. The highest BCUT2D eigenvalue weighted by Crippen LogP contribution is 1.87.